The standard InChI is InChI=1S/C13H19N/c1-3-10(2)14-13-8-11-6-4-5-7-12(11)9-13/h4-7,10,13-14H,3,8-9H2,1-2H3/t10-/m0/s1. The van der Waals surface area contributed by atoms with E-state index in [1.165, 1.54) is 30.4 Å². The van der Waals surface area contributed by atoms with Gasteiger partial charge in [-0.15, -0.1) is 0 Å². The number of hydrogen-bond acceptors (Lipinski definition) is 1. The molecule has 1 nitrogen and oxygen atoms in total. The Labute approximate surface area is 86.5 Å². The highest BCUT2D eigenvalue weighted by molar-refractivity contribution is 5.33. The zero-order chi connectivity index (χ0) is 9.97. The number of fused-ring (bicyclic) bond motifs is 1. The maximum Gasteiger partial charge on any atom is 0.0150 e. The first-order valence-corrected chi connectivity index (χ1v) is 5.62. The van der Waals surface area contributed by atoms with Gasteiger partial charge >= 0.3 is 0 Å². The third kappa shape index (κ3) is 1.98. The van der Waals surface area contributed by atoms with Crippen molar-refractivity contribution in [1.29, 1.82) is 0 Å². The fourth-order valence-electron chi connectivity index (χ4n) is 2.20. The topological polar surface area (TPSA) is 12.0 Å². The molecule has 0 amide bonds. The molecule has 0 bridgehead atoms. The van der Waals surface area contributed by atoms with E-state index in [9.17, 15) is 0 Å². The summed E-state index contributed by atoms with van der Waals surface area (Å²) in [7, 11) is 0. The van der Waals surface area contributed by atoms with Crippen LogP contribution in [0, 0.1) is 0 Å². The highest BCUT2D eigenvalue weighted by Gasteiger charge is 2.21. The van der Waals surface area contributed by atoms with Crippen LogP contribution < -0.4 is 5.32 Å². The van der Waals surface area contributed by atoms with Crippen LogP contribution in [0.1, 0.15) is 31.4 Å². The summed E-state index contributed by atoms with van der Waals surface area (Å²) < 4.78 is 0. The monoisotopic (exact) mass is 189 g/mol. The molecule has 76 valence electrons. The van der Waals surface area contributed by atoms with Crippen molar-refractivity contribution < 1.29 is 0 Å². The van der Waals surface area contributed by atoms with Gasteiger partial charge < -0.3 is 5.32 Å². The average molecular weight is 189 g/mol. The first-order chi connectivity index (χ1) is 6.79. The van der Waals surface area contributed by atoms with E-state index in [2.05, 4.69) is 43.4 Å². The zero-order valence-corrected chi connectivity index (χ0v) is 9.09. The van der Waals surface area contributed by atoms with Gasteiger partial charge in [-0.2, -0.15) is 0 Å². The van der Waals surface area contributed by atoms with Crippen molar-refractivity contribution in [1.82, 2.24) is 5.32 Å². The molecule has 0 spiro atoms. The predicted octanol–water partition coefficient (Wildman–Crippen LogP) is 2.54. The van der Waals surface area contributed by atoms with Gasteiger partial charge in [0.15, 0.2) is 0 Å². The molecule has 0 radical (unpaired) electrons. The number of benzene rings is 1. The van der Waals surface area contributed by atoms with E-state index < -0.39 is 0 Å². The second-order valence-electron chi connectivity index (χ2n) is 4.35. The molecule has 2 rings (SSSR count). The maximum absolute atomic E-state index is 3.68. The van der Waals surface area contributed by atoms with Gasteiger partial charge in [0.2, 0.25) is 0 Å². The molecular formula is C13H19N. The van der Waals surface area contributed by atoms with Crippen molar-refractivity contribution >= 4 is 0 Å². The predicted molar refractivity (Wildman–Crippen MR) is 60.5 cm³/mol. The summed E-state index contributed by atoms with van der Waals surface area (Å²) in [5.41, 5.74) is 3.07. The summed E-state index contributed by atoms with van der Waals surface area (Å²) in [5, 5.41) is 3.68. The fourth-order valence-corrected chi connectivity index (χ4v) is 2.20. The molecule has 0 aliphatic heterocycles. The van der Waals surface area contributed by atoms with Crippen LogP contribution >= 0.6 is 0 Å². The van der Waals surface area contributed by atoms with Gasteiger partial charge in [0.05, 0.1) is 0 Å². The molecule has 1 aliphatic carbocycles. The van der Waals surface area contributed by atoms with E-state index in [1.807, 2.05) is 0 Å². The van der Waals surface area contributed by atoms with Crippen molar-refractivity contribution in [3.63, 3.8) is 0 Å². The molecule has 1 heteroatoms. The minimum Gasteiger partial charge on any atom is -0.311 e. The minimum absolute atomic E-state index is 0.648. The summed E-state index contributed by atoms with van der Waals surface area (Å²) in [6, 6.07) is 10.1. The van der Waals surface area contributed by atoms with E-state index in [4.69, 9.17) is 0 Å². The number of hydrogen-bond donors (Lipinski definition) is 1. The lowest BCUT2D eigenvalue weighted by molar-refractivity contribution is 0.447. The molecular weight excluding hydrogens is 170 g/mol. The zero-order valence-electron chi connectivity index (χ0n) is 9.09. The van der Waals surface area contributed by atoms with Crippen molar-refractivity contribution in [2.75, 3.05) is 0 Å². The third-order valence-electron chi connectivity index (χ3n) is 3.18. The van der Waals surface area contributed by atoms with Crippen LogP contribution in [0.25, 0.3) is 0 Å². The summed E-state index contributed by atoms with van der Waals surface area (Å²) in [5.74, 6) is 0. The smallest absolute Gasteiger partial charge is 0.0150 e. The second-order valence-corrected chi connectivity index (χ2v) is 4.35. The van der Waals surface area contributed by atoms with Crippen LogP contribution in [0.4, 0.5) is 0 Å². The van der Waals surface area contributed by atoms with Crippen LogP contribution in [0.2, 0.25) is 0 Å². The van der Waals surface area contributed by atoms with Crippen LogP contribution in [0.15, 0.2) is 24.3 Å². The molecule has 0 saturated heterocycles. The average Bonchev–Trinajstić information content (AvgIpc) is 2.59. The Balaban J connectivity index is 1.98. The molecule has 0 heterocycles. The van der Waals surface area contributed by atoms with Gasteiger partial charge in [-0.05, 0) is 37.3 Å². The fraction of sp³-hybridized carbons (Fsp3) is 0.538. The SMILES string of the molecule is CC[C@H](C)NC1Cc2ccccc2C1. The quantitative estimate of drug-likeness (QED) is 0.770. The Morgan fingerprint density at radius 3 is 2.36 bits per heavy atom. The lowest BCUT2D eigenvalue weighted by Gasteiger charge is -2.17. The summed E-state index contributed by atoms with van der Waals surface area (Å²) >= 11 is 0. The van der Waals surface area contributed by atoms with Gasteiger partial charge in [0.1, 0.15) is 0 Å². The molecule has 1 atom stereocenters. The summed E-state index contributed by atoms with van der Waals surface area (Å²) in [6.07, 6.45) is 3.63. The Morgan fingerprint density at radius 2 is 1.86 bits per heavy atom. The molecule has 0 aromatic heterocycles. The third-order valence-corrected chi connectivity index (χ3v) is 3.18. The van der Waals surface area contributed by atoms with E-state index in [1.54, 1.807) is 0 Å². The number of rotatable bonds is 3. The van der Waals surface area contributed by atoms with Crippen molar-refractivity contribution in [2.45, 2.75) is 45.2 Å². The largest absolute Gasteiger partial charge is 0.311 e. The molecule has 1 aromatic carbocycles. The summed E-state index contributed by atoms with van der Waals surface area (Å²) in [6.45, 7) is 4.50. The minimum atomic E-state index is 0.648. The van der Waals surface area contributed by atoms with E-state index >= 15 is 0 Å². The van der Waals surface area contributed by atoms with Gasteiger partial charge in [-0.1, -0.05) is 31.2 Å². The van der Waals surface area contributed by atoms with Gasteiger partial charge in [0, 0.05) is 12.1 Å². The van der Waals surface area contributed by atoms with Gasteiger partial charge in [-0.25, -0.2) is 0 Å². The lowest BCUT2D eigenvalue weighted by atomic mass is 10.1. The van der Waals surface area contributed by atoms with E-state index in [0.717, 1.165) is 0 Å². The Hall–Kier alpha value is -0.820. The molecule has 0 unspecified atom stereocenters. The Kier molecular flexibility index (Phi) is 2.87. The highest BCUT2D eigenvalue weighted by atomic mass is 14.9. The maximum atomic E-state index is 3.68. The van der Waals surface area contributed by atoms with Crippen molar-refractivity contribution in [3.8, 4) is 0 Å². The molecule has 0 fully saturated rings. The van der Waals surface area contributed by atoms with Crippen molar-refractivity contribution in [2.24, 2.45) is 0 Å². The first-order valence-electron chi connectivity index (χ1n) is 5.62. The highest BCUT2D eigenvalue weighted by Crippen LogP contribution is 2.21. The first kappa shape index (κ1) is 9.72. The number of nitrogens with one attached hydrogen (secondary N) is 1. The summed E-state index contributed by atoms with van der Waals surface area (Å²) in [4.78, 5) is 0. The van der Waals surface area contributed by atoms with E-state index in [-0.39, 0.29) is 0 Å². The molecule has 0 saturated carbocycles. The van der Waals surface area contributed by atoms with Crippen LogP contribution in [-0.2, 0) is 12.8 Å². The van der Waals surface area contributed by atoms with E-state index in [0.29, 0.717) is 12.1 Å². The molecule has 1 N–H and O–H groups in total. The van der Waals surface area contributed by atoms with Crippen LogP contribution in [0.3, 0.4) is 0 Å². The molecule has 1 aromatic rings. The van der Waals surface area contributed by atoms with Crippen molar-refractivity contribution in [3.05, 3.63) is 35.4 Å². The normalized spacial score (nSPS) is 18.1. The molecule has 14 heavy (non-hydrogen) atoms. The Morgan fingerprint density at radius 1 is 1.29 bits per heavy atom. The van der Waals surface area contributed by atoms with Gasteiger partial charge in [0.25, 0.3) is 0 Å². The Bertz CT molecular complexity index is 281. The second kappa shape index (κ2) is 4.14. The molecule has 1 aliphatic rings. The lowest BCUT2D eigenvalue weighted by Crippen LogP contribution is -2.36. The van der Waals surface area contributed by atoms with Crippen LogP contribution in [-0.4, -0.2) is 12.1 Å². The van der Waals surface area contributed by atoms with Crippen LogP contribution in [0.5, 0.6) is 0 Å². The van der Waals surface area contributed by atoms with Gasteiger partial charge in [-0.3, -0.25) is 0 Å².